The summed E-state index contributed by atoms with van der Waals surface area (Å²) in [6.07, 6.45) is -0.869. The van der Waals surface area contributed by atoms with Crippen LogP contribution >= 0.6 is 0 Å². The number of rotatable bonds is 8. The second-order valence-electron chi connectivity index (χ2n) is 10.7. The molecule has 0 unspecified atom stereocenters. The van der Waals surface area contributed by atoms with E-state index in [9.17, 15) is 9.59 Å². The summed E-state index contributed by atoms with van der Waals surface area (Å²) in [6, 6.07) is 24.4. The van der Waals surface area contributed by atoms with Crippen LogP contribution in [-0.2, 0) is 19.0 Å². The van der Waals surface area contributed by atoms with E-state index in [4.69, 9.17) is 14.2 Å². The third-order valence-electron chi connectivity index (χ3n) is 6.62. The third kappa shape index (κ3) is 7.33. The van der Waals surface area contributed by atoms with Gasteiger partial charge < -0.3 is 24.0 Å². The molecule has 4 rings (SSSR count). The van der Waals surface area contributed by atoms with Crippen molar-refractivity contribution in [2.75, 3.05) is 46.5 Å². The zero-order valence-corrected chi connectivity index (χ0v) is 22.8. The maximum Gasteiger partial charge on any atom is 0.410 e. The molecule has 0 radical (unpaired) electrons. The first kappa shape index (κ1) is 27.6. The van der Waals surface area contributed by atoms with Gasteiger partial charge in [0, 0.05) is 32.6 Å². The Labute approximate surface area is 225 Å². The molecule has 0 saturated carbocycles. The predicted molar refractivity (Wildman–Crippen MR) is 148 cm³/mol. The van der Waals surface area contributed by atoms with Crippen molar-refractivity contribution in [2.45, 2.75) is 38.4 Å². The zero-order valence-electron chi connectivity index (χ0n) is 22.8. The first-order valence-electron chi connectivity index (χ1n) is 13.2. The standard InChI is InChI=1S/C31H38N2O5/c1-31(2,3)38-30(35)32(4)21-27(26-15-14-23-10-8-9-13-25(23)20-26)29(24-11-6-5-7-12-24)37-22-28(34)33-16-18-36-19-17-33/h5-15,20,27,29H,16-19,21-22H2,1-4H3/t27-,29-/m1/s1. The molecule has 7 heteroatoms. The van der Waals surface area contributed by atoms with Crippen LogP contribution in [0.5, 0.6) is 0 Å². The molecule has 1 saturated heterocycles. The topological polar surface area (TPSA) is 68.3 Å². The lowest BCUT2D eigenvalue weighted by molar-refractivity contribution is -0.143. The number of ether oxygens (including phenoxy) is 3. The maximum absolute atomic E-state index is 13.0. The number of carbonyl (C=O) groups excluding carboxylic acids is 2. The van der Waals surface area contributed by atoms with E-state index in [1.165, 1.54) is 0 Å². The van der Waals surface area contributed by atoms with Crippen molar-refractivity contribution in [3.05, 3.63) is 83.9 Å². The van der Waals surface area contributed by atoms with E-state index in [0.29, 0.717) is 32.8 Å². The zero-order chi connectivity index (χ0) is 27.1. The van der Waals surface area contributed by atoms with Gasteiger partial charge in [-0.3, -0.25) is 4.79 Å². The van der Waals surface area contributed by atoms with E-state index in [0.717, 1.165) is 21.9 Å². The fraction of sp³-hybridized carbons (Fsp3) is 0.419. The molecule has 0 spiro atoms. The van der Waals surface area contributed by atoms with Crippen LogP contribution in [0.25, 0.3) is 10.8 Å². The van der Waals surface area contributed by atoms with Crippen molar-refractivity contribution in [3.8, 4) is 0 Å². The highest BCUT2D eigenvalue weighted by Gasteiger charge is 2.31. The molecule has 202 valence electrons. The van der Waals surface area contributed by atoms with Crippen LogP contribution < -0.4 is 0 Å². The molecule has 0 aliphatic carbocycles. The van der Waals surface area contributed by atoms with Gasteiger partial charge in [-0.05, 0) is 42.7 Å². The highest BCUT2D eigenvalue weighted by molar-refractivity contribution is 5.83. The van der Waals surface area contributed by atoms with Gasteiger partial charge >= 0.3 is 6.09 Å². The largest absolute Gasteiger partial charge is 0.444 e. The Morgan fingerprint density at radius 3 is 2.26 bits per heavy atom. The summed E-state index contributed by atoms with van der Waals surface area (Å²) in [6.45, 7) is 8.05. The summed E-state index contributed by atoms with van der Waals surface area (Å²) in [4.78, 5) is 29.3. The molecular formula is C31H38N2O5. The summed E-state index contributed by atoms with van der Waals surface area (Å²) >= 11 is 0. The SMILES string of the molecule is CN(C[C@H](c1ccc2ccccc2c1)[C@H](OCC(=O)N1CCOCC1)c1ccccc1)C(=O)OC(C)(C)C. The second-order valence-corrected chi connectivity index (χ2v) is 10.7. The van der Waals surface area contributed by atoms with Crippen molar-refractivity contribution in [3.63, 3.8) is 0 Å². The number of fused-ring (bicyclic) bond motifs is 1. The number of amides is 2. The van der Waals surface area contributed by atoms with Crippen LogP contribution in [0.2, 0.25) is 0 Å². The van der Waals surface area contributed by atoms with Gasteiger partial charge in [-0.25, -0.2) is 4.79 Å². The van der Waals surface area contributed by atoms with E-state index < -0.39 is 17.8 Å². The van der Waals surface area contributed by atoms with E-state index in [-0.39, 0.29) is 18.4 Å². The van der Waals surface area contributed by atoms with Gasteiger partial charge in [0.25, 0.3) is 0 Å². The molecular weight excluding hydrogens is 480 g/mol. The number of nitrogens with zero attached hydrogens (tertiary/aromatic N) is 2. The third-order valence-corrected chi connectivity index (χ3v) is 6.62. The molecule has 1 aliphatic rings. The highest BCUT2D eigenvalue weighted by Crippen LogP contribution is 2.36. The molecule has 0 bridgehead atoms. The molecule has 1 aliphatic heterocycles. The minimum absolute atomic E-state index is 0.0558. The molecule has 1 fully saturated rings. The molecule has 2 atom stereocenters. The average Bonchev–Trinajstić information content (AvgIpc) is 2.92. The number of likely N-dealkylation sites (N-methyl/N-ethyl adjacent to an activating group) is 1. The Kier molecular flexibility index (Phi) is 9.02. The molecule has 3 aromatic rings. The molecule has 7 nitrogen and oxygen atoms in total. The Morgan fingerprint density at radius 2 is 1.58 bits per heavy atom. The van der Waals surface area contributed by atoms with E-state index in [1.807, 2.05) is 63.2 Å². The number of hydrogen-bond donors (Lipinski definition) is 0. The van der Waals surface area contributed by atoms with Crippen molar-refractivity contribution in [2.24, 2.45) is 0 Å². The van der Waals surface area contributed by atoms with Crippen molar-refractivity contribution >= 4 is 22.8 Å². The highest BCUT2D eigenvalue weighted by atomic mass is 16.6. The van der Waals surface area contributed by atoms with Crippen LogP contribution in [0, 0.1) is 0 Å². The van der Waals surface area contributed by atoms with Crippen molar-refractivity contribution < 1.29 is 23.8 Å². The number of benzene rings is 3. The monoisotopic (exact) mass is 518 g/mol. The lowest BCUT2D eigenvalue weighted by Gasteiger charge is -2.33. The fourth-order valence-corrected chi connectivity index (χ4v) is 4.68. The summed E-state index contributed by atoms with van der Waals surface area (Å²) < 4.78 is 17.5. The second kappa shape index (κ2) is 12.4. The predicted octanol–water partition coefficient (Wildman–Crippen LogP) is 5.41. The van der Waals surface area contributed by atoms with Crippen molar-refractivity contribution in [1.29, 1.82) is 0 Å². The molecule has 38 heavy (non-hydrogen) atoms. The number of hydrogen-bond acceptors (Lipinski definition) is 5. The number of morpholine rings is 1. The van der Waals surface area contributed by atoms with Gasteiger partial charge in [0.1, 0.15) is 12.2 Å². The first-order valence-corrected chi connectivity index (χ1v) is 13.2. The Morgan fingerprint density at radius 1 is 0.921 bits per heavy atom. The Bertz CT molecular complexity index is 1220. The normalized spacial score (nSPS) is 15.6. The van der Waals surface area contributed by atoms with Crippen molar-refractivity contribution in [1.82, 2.24) is 9.80 Å². The lowest BCUT2D eigenvalue weighted by atomic mass is 9.87. The molecule has 1 heterocycles. The number of carbonyl (C=O) groups is 2. The Hall–Kier alpha value is -3.42. The van der Waals surface area contributed by atoms with E-state index >= 15 is 0 Å². The fourth-order valence-electron chi connectivity index (χ4n) is 4.68. The van der Waals surface area contributed by atoms with E-state index in [2.05, 4.69) is 30.3 Å². The van der Waals surface area contributed by atoms with Gasteiger partial charge in [0.15, 0.2) is 0 Å². The van der Waals surface area contributed by atoms with Crippen LogP contribution in [0.15, 0.2) is 72.8 Å². The quantitative estimate of drug-likeness (QED) is 0.399. The lowest BCUT2D eigenvalue weighted by Crippen LogP contribution is -2.43. The minimum atomic E-state index is -0.607. The maximum atomic E-state index is 13.0. The van der Waals surface area contributed by atoms with E-state index in [1.54, 1.807) is 16.8 Å². The molecule has 0 N–H and O–H groups in total. The van der Waals surface area contributed by atoms with Crippen LogP contribution in [-0.4, -0.2) is 73.9 Å². The van der Waals surface area contributed by atoms with Gasteiger partial charge in [0.05, 0.1) is 19.3 Å². The van der Waals surface area contributed by atoms with Crippen LogP contribution in [0.3, 0.4) is 0 Å². The first-order chi connectivity index (χ1) is 18.2. The summed E-state index contributed by atoms with van der Waals surface area (Å²) in [5, 5.41) is 2.24. The Balaban J connectivity index is 1.67. The van der Waals surface area contributed by atoms with Gasteiger partial charge in [-0.15, -0.1) is 0 Å². The van der Waals surface area contributed by atoms with Gasteiger partial charge in [0.2, 0.25) is 5.91 Å². The molecule has 2 amide bonds. The van der Waals surface area contributed by atoms with Crippen LogP contribution in [0.1, 0.15) is 43.9 Å². The molecule has 0 aromatic heterocycles. The smallest absolute Gasteiger partial charge is 0.410 e. The summed E-state index contributed by atoms with van der Waals surface area (Å²) in [5.41, 5.74) is 1.36. The average molecular weight is 519 g/mol. The van der Waals surface area contributed by atoms with Crippen LogP contribution in [0.4, 0.5) is 4.79 Å². The van der Waals surface area contributed by atoms with Gasteiger partial charge in [-0.2, -0.15) is 0 Å². The minimum Gasteiger partial charge on any atom is -0.444 e. The molecule has 3 aromatic carbocycles. The van der Waals surface area contributed by atoms with Gasteiger partial charge in [-0.1, -0.05) is 72.8 Å². The summed E-state index contributed by atoms with van der Waals surface area (Å²) in [7, 11) is 1.74. The summed E-state index contributed by atoms with van der Waals surface area (Å²) in [5.74, 6) is -0.316.